The number of amides is 3. The van der Waals surface area contributed by atoms with Crippen LogP contribution in [0.5, 0.6) is 0 Å². The van der Waals surface area contributed by atoms with E-state index in [-0.39, 0.29) is 23.8 Å². The van der Waals surface area contributed by atoms with E-state index >= 15 is 0 Å². The van der Waals surface area contributed by atoms with Gasteiger partial charge in [-0.15, -0.1) is 0 Å². The Bertz CT molecular complexity index is 1480. The summed E-state index contributed by atoms with van der Waals surface area (Å²) in [4.78, 5) is 49.1. The summed E-state index contributed by atoms with van der Waals surface area (Å²) in [5.41, 5.74) is 2.10. The molecule has 0 radical (unpaired) electrons. The maximum absolute atomic E-state index is 14.4. The quantitative estimate of drug-likeness (QED) is 0.346. The van der Waals surface area contributed by atoms with Gasteiger partial charge in [0, 0.05) is 51.0 Å². The summed E-state index contributed by atoms with van der Waals surface area (Å²) in [6.45, 7) is 10.5. The molecule has 1 aliphatic carbocycles. The SMILES string of the molecule is CC(C)c1ccc(NC(=O)[C@H]2[C@H]3C=C[C@@]4(O3)[C@H]2C(=O)N(CCCN2CCN(Cc3ccccc3)CC2)[C@@H]4C(=O)NC2CCCCC2)cc1. The zero-order valence-electron chi connectivity index (χ0n) is 28.5. The van der Waals surface area contributed by atoms with Crippen molar-refractivity contribution in [3.8, 4) is 0 Å². The molecule has 1 saturated carbocycles. The molecule has 48 heavy (non-hydrogen) atoms. The van der Waals surface area contributed by atoms with Crippen LogP contribution in [0, 0.1) is 11.8 Å². The van der Waals surface area contributed by atoms with E-state index in [0.29, 0.717) is 18.2 Å². The van der Waals surface area contributed by atoms with Crippen molar-refractivity contribution in [2.45, 2.75) is 88.6 Å². The highest BCUT2D eigenvalue weighted by Gasteiger charge is 2.72. The number of ether oxygens (including phenoxy) is 1. The Kier molecular flexibility index (Phi) is 9.72. The van der Waals surface area contributed by atoms with E-state index in [2.05, 4.69) is 64.6 Å². The highest BCUT2D eigenvalue weighted by atomic mass is 16.5. The molecule has 0 aromatic heterocycles. The second-order valence-electron chi connectivity index (χ2n) is 14.8. The molecule has 4 aliphatic heterocycles. The number of likely N-dealkylation sites (tertiary alicyclic amines) is 1. The summed E-state index contributed by atoms with van der Waals surface area (Å²) in [5, 5.41) is 6.36. The van der Waals surface area contributed by atoms with Crippen molar-refractivity contribution in [3.63, 3.8) is 0 Å². The largest absolute Gasteiger partial charge is 0.359 e. The van der Waals surface area contributed by atoms with Gasteiger partial charge in [0.15, 0.2) is 0 Å². The monoisotopic (exact) mass is 653 g/mol. The molecular formula is C39H51N5O4. The van der Waals surface area contributed by atoms with Crippen LogP contribution in [0.4, 0.5) is 5.69 Å². The van der Waals surface area contributed by atoms with E-state index in [4.69, 9.17) is 4.74 Å². The molecule has 0 unspecified atom stereocenters. The van der Waals surface area contributed by atoms with E-state index in [1.54, 1.807) is 4.90 Å². The summed E-state index contributed by atoms with van der Waals surface area (Å²) >= 11 is 0. The lowest BCUT2D eigenvalue weighted by Crippen LogP contribution is -2.56. The molecule has 5 aliphatic rings. The van der Waals surface area contributed by atoms with Gasteiger partial charge in [0.05, 0.1) is 17.9 Å². The Labute approximate surface area is 285 Å². The van der Waals surface area contributed by atoms with Crippen LogP contribution in [0.2, 0.25) is 0 Å². The van der Waals surface area contributed by atoms with Crippen LogP contribution >= 0.6 is 0 Å². The Morgan fingerprint density at radius 2 is 1.60 bits per heavy atom. The Morgan fingerprint density at radius 3 is 2.31 bits per heavy atom. The summed E-state index contributed by atoms with van der Waals surface area (Å²) in [6.07, 6.45) is 9.34. The van der Waals surface area contributed by atoms with Crippen LogP contribution in [0.3, 0.4) is 0 Å². The molecule has 7 rings (SSSR count). The average molecular weight is 654 g/mol. The van der Waals surface area contributed by atoms with Gasteiger partial charge in [-0.05, 0) is 55.0 Å². The first-order valence-electron chi connectivity index (χ1n) is 18.2. The van der Waals surface area contributed by atoms with Crippen molar-refractivity contribution in [2.75, 3.05) is 44.6 Å². The van der Waals surface area contributed by atoms with E-state index in [0.717, 1.165) is 71.4 Å². The zero-order chi connectivity index (χ0) is 33.3. The summed E-state index contributed by atoms with van der Waals surface area (Å²) in [6, 6.07) is 17.8. The standard InChI is InChI=1S/C39H51N5O4/c1-27(2)29-14-16-31(17-15-29)40-36(45)33-32-18-19-39(48-32)34(33)38(47)44(35(39)37(46)41-30-12-7-4-8-13-30)21-9-20-42-22-24-43(25-23-42)26-28-10-5-3-6-11-28/h3,5-6,10-11,14-19,27,30,32-35H,4,7-9,12-13,20-26H2,1-2H3,(H,40,45)(H,41,46)/t32-,33+,34-,35-,39-/m1/s1. The minimum Gasteiger partial charge on any atom is -0.359 e. The molecule has 3 amide bonds. The summed E-state index contributed by atoms with van der Waals surface area (Å²) in [7, 11) is 0. The second-order valence-corrected chi connectivity index (χ2v) is 14.8. The number of carbonyl (C=O) groups excluding carboxylic acids is 3. The second kappa shape index (κ2) is 14.1. The Balaban J connectivity index is 1.03. The molecule has 2 N–H and O–H groups in total. The van der Waals surface area contributed by atoms with Gasteiger partial charge in [0.1, 0.15) is 11.6 Å². The summed E-state index contributed by atoms with van der Waals surface area (Å²) in [5.74, 6) is -1.56. The molecule has 256 valence electrons. The van der Waals surface area contributed by atoms with Crippen molar-refractivity contribution in [2.24, 2.45) is 11.8 Å². The van der Waals surface area contributed by atoms with Gasteiger partial charge in [-0.25, -0.2) is 0 Å². The third-order valence-corrected chi connectivity index (χ3v) is 11.3. The lowest BCUT2D eigenvalue weighted by atomic mass is 9.74. The predicted octanol–water partition coefficient (Wildman–Crippen LogP) is 4.56. The molecule has 4 heterocycles. The highest BCUT2D eigenvalue weighted by Crippen LogP contribution is 2.55. The smallest absolute Gasteiger partial charge is 0.246 e. The lowest BCUT2D eigenvalue weighted by molar-refractivity contribution is -0.141. The van der Waals surface area contributed by atoms with Crippen molar-refractivity contribution >= 4 is 23.4 Å². The van der Waals surface area contributed by atoms with Crippen LogP contribution in [0.25, 0.3) is 0 Å². The number of carbonyl (C=O) groups is 3. The van der Waals surface area contributed by atoms with Crippen molar-refractivity contribution in [3.05, 3.63) is 77.9 Å². The van der Waals surface area contributed by atoms with Gasteiger partial charge in [-0.1, -0.05) is 87.7 Å². The number of benzene rings is 2. The Morgan fingerprint density at radius 1 is 0.896 bits per heavy atom. The molecule has 9 heteroatoms. The number of nitrogens with one attached hydrogen (secondary N) is 2. The molecule has 4 fully saturated rings. The first-order valence-corrected chi connectivity index (χ1v) is 18.2. The van der Waals surface area contributed by atoms with Gasteiger partial charge in [-0.2, -0.15) is 0 Å². The molecule has 5 atom stereocenters. The van der Waals surface area contributed by atoms with Gasteiger partial charge >= 0.3 is 0 Å². The van der Waals surface area contributed by atoms with Crippen molar-refractivity contribution in [1.29, 1.82) is 0 Å². The molecule has 2 aromatic rings. The minimum atomic E-state index is -1.13. The summed E-state index contributed by atoms with van der Waals surface area (Å²) < 4.78 is 6.58. The third kappa shape index (κ3) is 6.57. The van der Waals surface area contributed by atoms with E-state index in [1.165, 1.54) is 17.5 Å². The molecular weight excluding hydrogens is 602 g/mol. The lowest BCUT2D eigenvalue weighted by Gasteiger charge is -2.36. The number of hydrogen-bond acceptors (Lipinski definition) is 6. The van der Waals surface area contributed by atoms with Crippen LogP contribution in [0.1, 0.15) is 69.4 Å². The van der Waals surface area contributed by atoms with E-state index < -0.39 is 29.6 Å². The molecule has 2 bridgehead atoms. The highest BCUT2D eigenvalue weighted by molar-refractivity contribution is 6.02. The van der Waals surface area contributed by atoms with Gasteiger partial charge < -0.3 is 25.2 Å². The number of rotatable bonds is 11. The van der Waals surface area contributed by atoms with Crippen LogP contribution < -0.4 is 10.6 Å². The van der Waals surface area contributed by atoms with E-state index in [9.17, 15) is 14.4 Å². The fourth-order valence-electron chi connectivity index (χ4n) is 8.69. The number of piperazine rings is 1. The van der Waals surface area contributed by atoms with Gasteiger partial charge in [0.2, 0.25) is 17.7 Å². The van der Waals surface area contributed by atoms with E-state index in [1.807, 2.05) is 36.4 Å². The fraction of sp³-hybridized carbons (Fsp3) is 0.564. The maximum Gasteiger partial charge on any atom is 0.246 e. The predicted molar refractivity (Wildman–Crippen MR) is 186 cm³/mol. The molecule has 9 nitrogen and oxygen atoms in total. The molecule has 3 saturated heterocycles. The Hall–Kier alpha value is -3.53. The normalized spacial score (nSPS) is 29.1. The first kappa shape index (κ1) is 33.0. The average Bonchev–Trinajstić information content (AvgIpc) is 3.74. The molecule has 2 aromatic carbocycles. The maximum atomic E-state index is 14.4. The van der Waals surface area contributed by atoms with Crippen LogP contribution in [-0.4, -0.2) is 95.5 Å². The molecule has 1 spiro atoms. The topological polar surface area (TPSA) is 94.2 Å². The number of hydrogen-bond donors (Lipinski definition) is 2. The third-order valence-electron chi connectivity index (χ3n) is 11.3. The van der Waals surface area contributed by atoms with Gasteiger partial charge in [0.25, 0.3) is 0 Å². The van der Waals surface area contributed by atoms with Crippen molar-refractivity contribution in [1.82, 2.24) is 20.0 Å². The fourth-order valence-corrected chi connectivity index (χ4v) is 8.69. The number of fused-ring (bicyclic) bond motifs is 1. The van der Waals surface area contributed by atoms with Crippen LogP contribution in [0.15, 0.2) is 66.7 Å². The number of nitrogens with zero attached hydrogens (tertiary/aromatic N) is 3. The van der Waals surface area contributed by atoms with Gasteiger partial charge in [-0.3, -0.25) is 19.3 Å². The first-order chi connectivity index (χ1) is 23.3. The van der Waals surface area contributed by atoms with Crippen molar-refractivity contribution < 1.29 is 19.1 Å². The number of anilines is 1. The zero-order valence-corrected chi connectivity index (χ0v) is 28.5. The minimum absolute atomic E-state index is 0.112. The van der Waals surface area contributed by atoms with Crippen LogP contribution in [-0.2, 0) is 25.7 Å².